The minimum Gasteiger partial charge on any atom is -0.448 e. The van der Waals surface area contributed by atoms with Gasteiger partial charge in [0.25, 0.3) is 5.79 Å². The molecule has 2 aromatic rings. The van der Waals surface area contributed by atoms with E-state index < -0.39 is 5.79 Å². The fraction of sp³-hybridized carbons (Fsp3) is 0.400. The molecule has 1 aliphatic heterocycles. The average Bonchev–Trinajstić information content (AvgIpc) is 3.23. The smallest absolute Gasteiger partial charge is 0.251 e. The Bertz CT molecular complexity index is 873. The molecule has 1 saturated carbocycles. The van der Waals surface area contributed by atoms with Gasteiger partial charge in [0.05, 0.1) is 9.21 Å². The van der Waals surface area contributed by atoms with Crippen molar-refractivity contribution in [3.05, 3.63) is 39.5 Å². The van der Waals surface area contributed by atoms with E-state index in [1.807, 2.05) is 6.07 Å². The summed E-state index contributed by atoms with van der Waals surface area (Å²) in [5.74, 6) is 0.570. The van der Waals surface area contributed by atoms with Crippen LogP contribution in [0.3, 0.4) is 0 Å². The van der Waals surface area contributed by atoms with E-state index in [0.717, 1.165) is 31.4 Å². The minimum absolute atomic E-state index is 0.0769. The van der Waals surface area contributed by atoms with Crippen LogP contribution >= 0.6 is 22.9 Å². The minimum atomic E-state index is -0.530. The molecule has 1 fully saturated rings. The van der Waals surface area contributed by atoms with Gasteiger partial charge in [0.1, 0.15) is 0 Å². The van der Waals surface area contributed by atoms with Crippen LogP contribution in [-0.2, 0) is 4.79 Å². The topological polar surface area (TPSA) is 64.6 Å². The van der Waals surface area contributed by atoms with Gasteiger partial charge in [-0.15, -0.1) is 11.3 Å². The maximum absolute atomic E-state index is 12.2. The standard InChI is InChI=1S/C20H20ClNO4S/c21-18-8-7-17(27-18)14(23)5-9-19(24)22-13-4-6-15-16(12-13)26-20(25-15)10-2-1-3-11-20/h4,6-8,12H,1-3,5,9-11H2,(H,22,24). The van der Waals surface area contributed by atoms with Crippen LogP contribution in [0.2, 0.25) is 4.34 Å². The third kappa shape index (κ3) is 4.12. The summed E-state index contributed by atoms with van der Waals surface area (Å²) >= 11 is 7.07. The number of hydrogen-bond donors (Lipinski definition) is 1. The lowest BCUT2D eigenvalue weighted by Gasteiger charge is -2.31. The Labute approximate surface area is 166 Å². The van der Waals surface area contributed by atoms with E-state index in [0.29, 0.717) is 20.7 Å². The van der Waals surface area contributed by atoms with E-state index in [1.165, 1.54) is 17.8 Å². The number of Topliss-reactive ketones (excluding diaryl/α,β-unsaturated/α-hetero) is 1. The number of fused-ring (bicyclic) bond motifs is 1. The van der Waals surface area contributed by atoms with E-state index in [9.17, 15) is 9.59 Å². The highest BCUT2D eigenvalue weighted by Gasteiger charge is 2.42. The van der Waals surface area contributed by atoms with Crippen molar-refractivity contribution in [3.8, 4) is 11.5 Å². The quantitative estimate of drug-likeness (QED) is 0.673. The summed E-state index contributed by atoms with van der Waals surface area (Å²) in [7, 11) is 0. The summed E-state index contributed by atoms with van der Waals surface area (Å²) in [5.41, 5.74) is 0.641. The van der Waals surface area contributed by atoms with Gasteiger partial charge in [-0.3, -0.25) is 9.59 Å². The molecule has 1 aromatic heterocycles. The Morgan fingerprint density at radius 1 is 1.04 bits per heavy atom. The first-order valence-electron chi connectivity index (χ1n) is 9.13. The number of hydrogen-bond acceptors (Lipinski definition) is 5. The third-order valence-electron chi connectivity index (χ3n) is 4.86. The summed E-state index contributed by atoms with van der Waals surface area (Å²) in [6.07, 6.45) is 5.45. The maximum Gasteiger partial charge on any atom is 0.251 e. The van der Waals surface area contributed by atoms with Crippen LogP contribution in [0, 0.1) is 0 Å². The summed E-state index contributed by atoms with van der Waals surface area (Å²) in [5, 5.41) is 2.83. The average molecular weight is 406 g/mol. The van der Waals surface area contributed by atoms with Gasteiger partial charge >= 0.3 is 0 Å². The van der Waals surface area contributed by atoms with Crippen molar-refractivity contribution in [1.82, 2.24) is 0 Å². The fourth-order valence-corrected chi connectivity index (χ4v) is 4.51. The van der Waals surface area contributed by atoms with Gasteiger partial charge in [-0.25, -0.2) is 0 Å². The van der Waals surface area contributed by atoms with E-state index in [-0.39, 0.29) is 24.5 Å². The second-order valence-corrected chi connectivity index (χ2v) is 8.63. The Hall–Kier alpha value is -2.05. The lowest BCUT2D eigenvalue weighted by molar-refractivity contribution is -0.116. The molecule has 0 unspecified atom stereocenters. The predicted octanol–water partition coefficient (Wildman–Crippen LogP) is 5.43. The molecule has 1 spiro atoms. The van der Waals surface area contributed by atoms with Gasteiger partial charge in [-0.05, 0) is 37.1 Å². The van der Waals surface area contributed by atoms with Crippen molar-refractivity contribution < 1.29 is 19.1 Å². The first-order valence-corrected chi connectivity index (χ1v) is 10.3. The summed E-state index contributed by atoms with van der Waals surface area (Å²) < 4.78 is 12.7. The Kier molecular flexibility index (Phi) is 5.10. The molecular formula is C20H20ClNO4S. The van der Waals surface area contributed by atoms with Crippen LogP contribution in [0.4, 0.5) is 5.69 Å². The molecule has 5 nitrogen and oxygen atoms in total. The van der Waals surface area contributed by atoms with Crippen molar-refractivity contribution in [3.63, 3.8) is 0 Å². The molecule has 0 saturated heterocycles. The van der Waals surface area contributed by atoms with Crippen molar-refractivity contribution >= 4 is 40.3 Å². The molecule has 2 aliphatic rings. The van der Waals surface area contributed by atoms with Crippen LogP contribution in [0.15, 0.2) is 30.3 Å². The number of carbonyl (C=O) groups is 2. The maximum atomic E-state index is 12.2. The monoisotopic (exact) mass is 405 g/mol. The zero-order valence-corrected chi connectivity index (χ0v) is 16.3. The van der Waals surface area contributed by atoms with Gasteiger partial charge in [0.2, 0.25) is 5.91 Å². The molecule has 0 radical (unpaired) electrons. The highest BCUT2D eigenvalue weighted by molar-refractivity contribution is 7.18. The number of amides is 1. The number of benzene rings is 1. The van der Waals surface area contributed by atoms with Crippen molar-refractivity contribution in [2.45, 2.75) is 50.7 Å². The summed E-state index contributed by atoms with van der Waals surface area (Å²) in [6.45, 7) is 0. The molecule has 27 heavy (non-hydrogen) atoms. The molecule has 1 amide bonds. The van der Waals surface area contributed by atoms with Crippen LogP contribution in [0.1, 0.15) is 54.6 Å². The fourth-order valence-electron chi connectivity index (χ4n) is 3.50. The Balaban J connectivity index is 1.33. The van der Waals surface area contributed by atoms with Crippen molar-refractivity contribution in [1.29, 1.82) is 0 Å². The van der Waals surface area contributed by atoms with Gasteiger partial charge in [-0.1, -0.05) is 18.0 Å². The lowest BCUT2D eigenvalue weighted by atomic mass is 9.94. The number of carbonyl (C=O) groups excluding carboxylic acids is 2. The van der Waals surface area contributed by atoms with Gasteiger partial charge in [-0.2, -0.15) is 0 Å². The van der Waals surface area contributed by atoms with Crippen LogP contribution in [-0.4, -0.2) is 17.5 Å². The number of halogens is 1. The predicted molar refractivity (Wildman–Crippen MR) is 105 cm³/mol. The van der Waals surface area contributed by atoms with Crippen molar-refractivity contribution in [2.24, 2.45) is 0 Å². The first kappa shape index (κ1) is 18.3. The molecule has 0 bridgehead atoms. The number of anilines is 1. The highest BCUT2D eigenvalue weighted by Crippen LogP contribution is 2.46. The molecule has 1 N–H and O–H groups in total. The number of rotatable bonds is 5. The molecular weight excluding hydrogens is 386 g/mol. The van der Waals surface area contributed by atoms with Crippen LogP contribution < -0.4 is 14.8 Å². The second-order valence-electron chi connectivity index (χ2n) is 6.91. The van der Waals surface area contributed by atoms with Crippen LogP contribution in [0.25, 0.3) is 0 Å². The van der Waals surface area contributed by atoms with Crippen LogP contribution in [0.5, 0.6) is 11.5 Å². The van der Waals surface area contributed by atoms with Gasteiger partial charge < -0.3 is 14.8 Å². The van der Waals surface area contributed by atoms with Gasteiger partial charge in [0.15, 0.2) is 17.3 Å². The van der Waals surface area contributed by atoms with Crippen molar-refractivity contribution in [2.75, 3.05) is 5.32 Å². The largest absolute Gasteiger partial charge is 0.448 e. The Morgan fingerprint density at radius 3 is 2.56 bits per heavy atom. The summed E-state index contributed by atoms with van der Waals surface area (Å²) in [6, 6.07) is 8.78. The summed E-state index contributed by atoms with van der Waals surface area (Å²) in [4.78, 5) is 24.8. The van der Waals surface area contributed by atoms with E-state index in [2.05, 4.69) is 5.32 Å². The van der Waals surface area contributed by atoms with E-state index >= 15 is 0 Å². The van der Waals surface area contributed by atoms with E-state index in [4.69, 9.17) is 21.1 Å². The number of ether oxygens (including phenoxy) is 2. The molecule has 1 aliphatic carbocycles. The second kappa shape index (κ2) is 7.52. The molecule has 1 aromatic carbocycles. The zero-order valence-electron chi connectivity index (χ0n) is 14.8. The Morgan fingerprint density at radius 2 is 1.81 bits per heavy atom. The number of ketones is 1. The SMILES string of the molecule is O=C(CCC(=O)c1ccc(Cl)s1)Nc1ccc2c(c1)OC1(CCCCC1)O2. The highest BCUT2D eigenvalue weighted by atomic mass is 35.5. The molecule has 7 heteroatoms. The third-order valence-corrected chi connectivity index (χ3v) is 6.13. The molecule has 0 atom stereocenters. The van der Waals surface area contributed by atoms with E-state index in [1.54, 1.807) is 24.3 Å². The number of nitrogens with one attached hydrogen (secondary N) is 1. The zero-order chi connectivity index (χ0) is 18.9. The molecule has 142 valence electrons. The molecule has 2 heterocycles. The normalized spacial score (nSPS) is 17.1. The number of thiophene rings is 1. The lowest BCUT2D eigenvalue weighted by Crippen LogP contribution is -2.40. The first-order chi connectivity index (χ1) is 13.0. The molecule has 4 rings (SSSR count). The van der Waals surface area contributed by atoms with Gasteiger partial charge in [0, 0.05) is 37.4 Å².